The standard InChI is InChI=1S/C12H13NO5S/c1-17-9-4-2-8(3-5-9)13-10-6-19(15,16)7-11(10)18-12(13)14/h2-5,10-11H,6-7H2,1H3/t10-,11-/m0/s1. The predicted octanol–water partition coefficient (Wildman–Crippen LogP) is 0.817. The summed E-state index contributed by atoms with van der Waals surface area (Å²) in [6, 6.07) is 6.45. The molecule has 6 nitrogen and oxygen atoms in total. The summed E-state index contributed by atoms with van der Waals surface area (Å²) in [7, 11) is -1.57. The second-order valence-electron chi connectivity index (χ2n) is 4.63. The predicted molar refractivity (Wildman–Crippen MR) is 68.2 cm³/mol. The maximum Gasteiger partial charge on any atom is 0.415 e. The van der Waals surface area contributed by atoms with Crippen LogP contribution in [0.3, 0.4) is 0 Å². The van der Waals surface area contributed by atoms with Gasteiger partial charge in [0.05, 0.1) is 24.7 Å². The quantitative estimate of drug-likeness (QED) is 0.803. The van der Waals surface area contributed by atoms with Crippen LogP contribution in [0.1, 0.15) is 0 Å². The van der Waals surface area contributed by atoms with Crippen LogP contribution in [0.15, 0.2) is 24.3 Å². The van der Waals surface area contributed by atoms with E-state index in [1.807, 2.05) is 0 Å². The van der Waals surface area contributed by atoms with Gasteiger partial charge in [-0.15, -0.1) is 0 Å². The van der Waals surface area contributed by atoms with Crippen LogP contribution in [0.5, 0.6) is 5.75 Å². The minimum atomic E-state index is -3.13. The Hall–Kier alpha value is -1.76. The lowest BCUT2D eigenvalue weighted by Gasteiger charge is -2.19. The summed E-state index contributed by atoms with van der Waals surface area (Å²) in [6.07, 6.45) is -1.05. The monoisotopic (exact) mass is 283 g/mol. The Bertz CT molecular complexity index is 610. The van der Waals surface area contributed by atoms with Gasteiger partial charge in [-0.2, -0.15) is 0 Å². The Morgan fingerprint density at radius 1 is 1.26 bits per heavy atom. The minimum absolute atomic E-state index is 0.0462. The van der Waals surface area contributed by atoms with Crippen molar-refractivity contribution < 1.29 is 22.7 Å². The number of rotatable bonds is 2. The zero-order valence-corrected chi connectivity index (χ0v) is 11.1. The first-order chi connectivity index (χ1) is 9.00. The summed E-state index contributed by atoms with van der Waals surface area (Å²) < 4.78 is 33.3. The van der Waals surface area contributed by atoms with Crippen molar-refractivity contribution in [3.8, 4) is 5.75 Å². The number of anilines is 1. The normalized spacial score (nSPS) is 28.1. The zero-order valence-electron chi connectivity index (χ0n) is 10.3. The van der Waals surface area contributed by atoms with Crippen LogP contribution in [0.25, 0.3) is 0 Å². The number of sulfone groups is 1. The number of carbonyl (C=O) groups excluding carboxylic acids is 1. The van der Waals surface area contributed by atoms with E-state index in [1.165, 1.54) is 4.90 Å². The third-order valence-electron chi connectivity index (χ3n) is 3.40. The number of methoxy groups -OCH3 is 1. The van der Waals surface area contributed by atoms with Gasteiger partial charge in [-0.05, 0) is 24.3 Å². The summed E-state index contributed by atoms with van der Waals surface area (Å²) in [5.74, 6) is 0.540. The van der Waals surface area contributed by atoms with Crippen molar-refractivity contribution in [3.63, 3.8) is 0 Å². The molecule has 7 heteroatoms. The topological polar surface area (TPSA) is 72.9 Å². The Labute approximate surface area is 110 Å². The smallest absolute Gasteiger partial charge is 0.415 e. The second kappa shape index (κ2) is 4.12. The van der Waals surface area contributed by atoms with Crippen molar-refractivity contribution in [1.29, 1.82) is 0 Å². The zero-order chi connectivity index (χ0) is 13.6. The highest BCUT2D eigenvalue weighted by atomic mass is 32.2. The molecule has 2 saturated heterocycles. The van der Waals surface area contributed by atoms with E-state index in [0.29, 0.717) is 11.4 Å². The van der Waals surface area contributed by atoms with E-state index < -0.39 is 28.1 Å². The highest BCUT2D eigenvalue weighted by Gasteiger charge is 2.51. The van der Waals surface area contributed by atoms with Crippen molar-refractivity contribution in [1.82, 2.24) is 0 Å². The molecule has 19 heavy (non-hydrogen) atoms. The molecule has 1 amide bonds. The summed E-state index contributed by atoms with van der Waals surface area (Å²) in [5, 5.41) is 0. The SMILES string of the molecule is COc1ccc(N2C(=O)O[C@H]3CS(=O)(=O)C[C@@H]32)cc1. The van der Waals surface area contributed by atoms with Crippen molar-refractivity contribution in [3.05, 3.63) is 24.3 Å². The molecule has 1 aromatic carbocycles. The van der Waals surface area contributed by atoms with Gasteiger partial charge < -0.3 is 9.47 Å². The number of fused-ring (bicyclic) bond motifs is 1. The average molecular weight is 283 g/mol. The lowest BCUT2D eigenvalue weighted by Crippen LogP contribution is -2.36. The van der Waals surface area contributed by atoms with Gasteiger partial charge >= 0.3 is 6.09 Å². The van der Waals surface area contributed by atoms with Gasteiger partial charge in [0.2, 0.25) is 0 Å². The van der Waals surface area contributed by atoms with Crippen molar-refractivity contribution >= 4 is 21.6 Å². The molecular weight excluding hydrogens is 270 g/mol. The fraction of sp³-hybridized carbons (Fsp3) is 0.417. The summed E-state index contributed by atoms with van der Waals surface area (Å²) in [6.45, 7) is 0. The molecule has 0 unspecified atom stereocenters. The van der Waals surface area contributed by atoms with Crippen LogP contribution in [0.4, 0.5) is 10.5 Å². The summed E-state index contributed by atoms with van der Waals surface area (Å²) in [5.41, 5.74) is 0.621. The van der Waals surface area contributed by atoms with Gasteiger partial charge in [0, 0.05) is 5.69 Å². The molecule has 0 aromatic heterocycles. The third kappa shape index (κ3) is 2.03. The second-order valence-corrected chi connectivity index (χ2v) is 6.79. The van der Waals surface area contributed by atoms with Crippen LogP contribution in [-0.2, 0) is 14.6 Å². The number of benzene rings is 1. The highest BCUT2D eigenvalue weighted by molar-refractivity contribution is 7.91. The molecule has 3 rings (SSSR count). The van der Waals surface area contributed by atoms with E-state index >= 15 is 0 Å². The van der Waals surface area contributed by atoms with E-state index in [0.717, 1.165) is 0 Å². The average Bonchev–Trinajstić information content (AvgIpc) is 2.79. The van der Waals surface area contributed by atoms with Gasteiger partial charge in [0.15, 0.2) is 9.84 Å². The lowest BCUT2D eigenvalue weighted by atomic mass is 10.2. The molecule has 2 heterocycles. The van der Waals surface area contributed by atoms with Gasteiger partial charge in [-0.25, -0.2) is 13.2 Å². The summed E-state index contributed by atoms with van der Waals surface area (Å²) in [4.78, 5) is 13.2. The molecular formula is C12H13NO5S. The van der Waals surface area contributed by atoms with E-state index in [1.54, 1.807) is 31.4 Å². The number of hydrogen-bond donors (Lipinski definition) is 0. The minimum Gasteiger partial charge on any atom is -0.497 e. The van der Waals surface area contributed by atoms with Gasteiger partial charge in [0.1, 0.15) is 11.9 Å². The first kappa shape index (κ1) is 12.3. The Kier molecular flexibility index (Phi) is 2.67. The molecule has 0 bridgehead atoms. The van der Waals surface area contributed by atoms with E-state index in [2.05, 4.69) is 0 Å². The van der Waals surface area contributed by atoms with Crippen LogP contribution in [0.2, 0.25) is 0 Å². The molecule has 0 aliphatic carbocycles. The maximum atomic E-state index is 11.8. The molecule has 2 aliphatic rings. The highest BCUT2D eigenvalue weighted by Crippen LogP contribution is 2.33. The first-order valence-electron chi connectivity index (χ1n) is 5.84. The molecule has 2 atom stereocenters. The first-order valence-corrected chi connectivity index (χ1v) is 7.66. The molecule has 2 aliphatic heterocycles. The van der Waals surface area contributed by atoms with Gasteiger partial charge in [-0.3, -0.25) is 4.90 Å². The molecule has 2 fully saturated rings. The van der Waals surface area contributed by atoms with Crippen molar-refractivity contribution in [2.45, 2.75) is 12.1 Å². The van der Waals surface area contributed by atoms with Gasteiger partial charge in [-0.1, -0.05) is 0 Å². The maximum absolute atomic E-state index is 11.8. The molecule has 102 valence electrons. The molecule has 0 N–H and O–H groups in total. The number of ether oxygens (including phenoxy) is 2. The van der Waals surface area contributed by atoms with Gasteiger partial charge in [0.25, 0.3) is 0 Å². The number of nitrogens with zero attached hydrogens (tertiary/aromatic N) is 1. The number of amides is 1. The number of carbonyl (C=O) groups is 1. The largest absolute Gasteiger partial charge is 0.497 e. The van der Waals surface area contributed by atoms with Crippen LogP contribution < -0.4 is 9.64 Å². The van der Waals surface area contributed by atoms with Crippen LogP contribution >= 0.6 is 0 Å². The molecule has 0 radical (unpaired) electrons. The molecule has 0 spiro atoms. The Morgan fingerprint density at radius 3 is 2.58 bits per heavy atom. The Morgan fingerprint density at radius 2 is 1.95 bits per heavy atom. The van der Waals surface area contributed by atoms with E-state index in [4.69, 9.17) is 9.47 Å². The molecule has 1 aromatic rings. The number of hydrogen-bond acceptors (Lipinski definition) is 5. The molecule has 0 saturated carbocycles. The lowest BCUT2D eigenvalue weighted by molar-refractivity contribution is 0.147. The van der Waals surface area contributed by atoms with Crippen LogP contribution in [0, 0.1) is 0 Å². The third-order valence-corrected chi connectivity index (χ3v) is 5.09. The van der Waals surface area contributed by atoms with E-state index in [-0.39, 0.29) is 11.5 Å². The summed E-state index contributed by atoms with van der Waals surface area (Å²) >= 11 is 0. The Balaban J connectivity index is 1.92. The van der Waals surface area contributed by atoms with Crippen LogP contribution in [-0.4, -0.2) is 45.3 Å². The fourth-order valence-corrected chi connectivity index (χ4v) is 4.32. The van der Waals surface area contributed by atoms with E-state index in [9.17, 15) is 13.2 Å². The van der Waals surface area contributed by atoms with Crippen molar-refractivity contribution in [2.24, 2.45) is 0 Å². The fourth-order valence-electron chi connectivity index (χ4n) is 2.51. The van der Waals surface area contributed by atoms with Crippen molar-refractivity contribution in [2.75, 3.05) is 23.5 Å².